The molecule has 0 aliphatic rings. The molecule has 2 nitrogen and oxygen atoms in total. The highest BCUT2D eigenvalue weighted by atomic mass is 35.5. The van der Waals surface area contributed by atoms with Crippen LogP contribution in [0.3, 0.4) is 0 Å². The van der Waals surface area contributed by atoms with Gasteiger partial charge in [0, 0.05) is 22.1 Å². The Bertz CT molecular complexity index is 465. The van der Waals surface area contributed by atoms with Gasteiger partial charge in [-0.05, 0) is 19.4 Å². The molecule has 2 rings (SSSR count). The normalized spacial score (nSPS) is 13.3. The summed E-state index contributed by atoms with van der Waals surface area (Å²) in [5.41, 5.74) is 1.07. The van der Waals surface area contributed by atoms with Crippen LogP contribution in [0.5, 0.6) is 0 Å². The molecule has 80 valence electrons. The Labute approximate surface area is 98.3 Å². The van der Waals surface area contributed by atoms with Crippen LogP contribution in [0.1, 0.15) is 24.4 Å². The average molecular weight is 241 g/mol. The summed E-state index contributed by atoms with van der Waals surface area (Å²) in [6.45, 7) is 4.14. The zero-order valence-corrected chi connectivity index (χ0v) is 10.4. The molecule has 0 saturated heterocycles. The Kier molecular flexibility index (Phi) is 3.22. The van der Waals surface area contributed by atoms with Gasteiger partial charge in [-0.15, -0.1) is 22.9 Å². The molecule has 0 aliphatic heterocycles. The molecule has 1 unspecified atom stereocenters. The second-order valence-corrected chi connectivity index (χ2v) is 5.45. The molecule has 0 amide bonds. The van der Waals surface area contributed by atoms with Crippen LogP contribution in [0.4, 0.5) is 0 Å². The van der Waals surface area contributed by atoms with Crippen LogP contribution < -0.4 is 0 Å². The molecule has 0 radical (unpaired) electrons. The van der Waals surface area contributed by atoms with Crippen molar-refractivity contribution in [1.29, 1.82) is 0 Å². The third kappa shape index (κ3) is 2.29. The van der Waals surface area contributed by atoms with Crippen molar-refractivity contribution in [1.82, 2.24) is 9.97 Å². The van der Waals surface area contributed by atoms with E-state index in [1.54, 1.807) is 17.7 Å². The van der Waals surface area contributed by atoms with Crippen LogP contribution in [0.15, 0.2) is 12.4 Å². The molecule has 0 spiro atoms. The van der Waals surface area contributed by atoms with E-state index < -0.39 is 0 Å². The first-order chi connectivity index (χ1) is 7.20. The van der Waals surface area contributed by atoms with Crippen LogP contribution in [-0.2, 0) is 12.8 Å². The lowest BCUT2D eigenvalue weighted by Crippen LogP contribution is -2.00. The van der Waals surface area contributed by atoms with E-state index in [1.807, 2.05) is 6.92 Å². The first-order valence-corrected chi connectivity index (χ1v) is 6.32. The molecule has 4 heteroatoms. The number of alkyl halides is 1. The first kappa shape index (κ1) is 10.8. The third-order valence-electron chi connectivity index (χ3n) is 2.29. The maximum atomic E-state index is 6.00. The van der Waals surface area contributed by atoms with Gasteiger partial charge in [0.15, 0.2) is 0 Å². The predicted octanol–water partition coefficient (Wildman–Crippen LogP) is 3.42. The van der Waals surface area contributed by atoms with E-state index in [4.69, 9.17) is 11.6 Å². The van der Waals surface area contributed by atoms with Gasteiger partial charge in [0.25, 0.3) is 0 Å². The number of hydrogen-bond acceptors (Lipinski definition) is 3. The number of nitrogens with zero attached hydrogens (tertiary/aromatic N) is 2. The summed E-state index contributed by atoms with van der Waals surface area (Å²) in [7, 11) is 0. The fourth-order valence-electron chi connectivity index (χ4n) is 1.56. The highest BCUT2D eigenvalue weighted by molar-refractivity contribution is 7.18. The lowest BCUT2D eigenvalue weighted by molar-refractivity contribution is 0.895. The minimum absolute atomic E-state index is 0.119. The summed E-state index contributed by atoms with van der Waals surface area (Å²) in [6.07, 6.45) is 3.49. The Hall–Kier alpha value is -0.670. The monoisotopic (exact) mass is 240 g/mol. The second-order valence-electron chi connectivity index (χ2n) is 3.59. The van der Waals surface area contributed by atoms with Crippen molar-refractivity contribution in [2.45, 2.75) is 32.1 Å². The van der Waals surface area contributed by atoms with Gasteiger partial charge in [-0.3, -0.25) is 0 Å². The van der Waals surface area contributed by atoms with Crippen LogP contribution in [0.25, 0.3) is 10.2 Å². The molecule has 15 heavy (non-hydrogen) atoms. The molecule has 1 atom stereocenters. The van der Waals surface area contributed by atoms with Gasteiger partial charge >= 0.3 is 0 Å². The van der Waals surface area contributed by atoms with Crippen molar-refractivity contribution in [3.63, 3.8) is 0 Å². The lowest BCUT2D eigenvalue weighted by Gasteiger charge is -2.02. The zero-order chi connectivity index (χ0) is 10.8. The molecule has 2 aromatic heterocycles. The minimum Gasteiger partial charge on any atom is -0.241 e. The molecule has 2 aromatic rings. The predicted molar refractivity (Wildman–Crippen MR) is 65.8 cm³/mol. The standard InChI is InChI=1S/C11H13ClN2S/c1-3-8-5-9-10(4-7(2)12)13-6-14-11(9)15-8/h5-7H,3-4H2,1-2H3. The number of aryl methyl sites for hydroxylation is 1. The number of rotatable bonds is 3. The summed E-state index contributed by atoms with van der Waals surface area (Å²) in [6, 6.07) is 2.19. The fraction of sp³-hybridized carbons (Fsp3) is 0.455. The smallest absolute Gasteiger partial charge is 0.127 e. The van der Waals surface area contributed by atoms with Gasteiger partial charge < -0.3 is 0 Å². The lowest BCUT2D eigenvalue weighted by atomic mass is 10.2. The summed E-state index contributed by atoms with van der Waals surface area (Å²) in [4.78, 5) is 11.0. The number of thiophene rings is 1. The van der Waals surface area contributed by atoms with Crippen LogP contribution >= 0.6 is 22.9 Å². The second kappa shape index (κ2) is 4.45. The molecule has 0 N–H and O–H groups in total. The van der Waals surface area contributed by atoms with Crippen LogP contribution in [0, 0.1) is 0 Å². The van der Waals surface area contributed by atoms with Crippen molar-refractivity contribution < 1.29 is 0 Å². The SMILES string of the molecule is CCc1cc2c(CC(C)Cl)ncnc2s1. The van der Waals surface area contributed by atoms with Crippen molar-refractivity contribution >= 4 is 33.2 Å². The van der Waals surface area contributed by atoms with E-state index in [0.717, 1.165) is 23.4 Å². The number of hydrogen-bond donors (Lipinski definition) is 0. The molecule has 0 aliphatic carbocycles. The highest BCUT2D eigenvalue weighted by Gasteiger charge is 2.09. The zero-order valence-electron chi connectivity index (χ0n) is 8.83. The maximum Gasteiger partial charge on any atom is 0.127 e. The number of fused-ring (bicyclic) bond motifs is 1. The number of halogens is 1. The summed E-state index contributed by atoms with van der Waals surface area (Å²) >= 11 is 7.74. The fourth-order valence-corrected chi connectivity index (χ4v) is 2.66. The van der Waals surface area contributed by atoms with E-state index in [2.05, 4.69) is 23.0 Å². The van der Waals surface area contributed by atoms with Crippen molar-refractivity contribution in [3.05, 3.63) is 23.0 Å². The van der Waals surface area contributed by atoms with E-state index in [-0.39, 0.29) is 5.38 Å². The van der Waals surface area contributed by atoms with E-state index in [0.29, 0.717) is 0 Å². The Morgan fingerprint density at radius 1 is 1.47 bits per heavy atom. The Morgan fingerprint density at radius 2 is 2.27 bits per heavy atom. The molecule has 0 bridgehead atoms. The average Bonchev–Trinajstić information content (AvgIpc) is 2.61. The minimum atomic E-state index is 0.119. The number of aromatic nitrogens is 2. The van der Waals surface area contributed by atoms with Gasteiger partial charge in [0.1, 0.15) is 11.2 Å². The summed E-state index contributed by atoms with van der Waals surface area (Å²) in [5, 5.41) is 1.29. The topological polar surface area (TPSA) is 25.8 Å². The molecule has 0 saturated carbocycles. The van der Waals surface area contributed by atoms with Crippen molar-refractivity contribution in [2.24, 2.45) is 0 Å². The van der Waals surface area contributed by atoms with Gasteiger partial charge in [-0.1, -0.05) is 6.92 Å². The van der Waals surface area contributed by atoms with Gasteiger partial charge in [0.2, 0.25) is 0 Å². The van der Waals surface area contributed by atoms with Gasteiger partial charge in [-0.25, -0.2) is 9.97 Å². The quantitative estimate of drug-likeness (QED) is 0.769. The summed E-state index contributed by atoms with van der Waals surface area (Å²) < 4.78 is 0. The molecule has 2 heterocycles. The van der Waals surface area contributed by atoms with Crippen molar-refractivity contribution in [3.8, 4) is 0 Å². The molecule has 0 fully saturated rings. The molecular formula is C11H13ClN2S. The Morgan fingerprint density at radius 3 is 2.93 bits per heavy atom. The van der Waals surface area contributed by atoms with Crippen molar-refractivity contribution in [2.75, 3.05) is 0 Å². The summed E-state index contributed by atoms with van der Waals surface area (Å²) in [5.74, 6) is 0. The van der Waals surface area contributed by atoms with Gasteiger partial charge in [0.05, 0.1) is 5.69 Å². The van der Waals surface area contributed by atoms with E-state index in [9.17, 15) is 0 Å². The van der Waals surface area contributed by atoms with E-state index >= 15 is 0 Å². The van der Waals surface area contributed by atoms with Crippen LogP contribution in [0.2, 0.25) is 0 Å². The highest BCUT2D eigenvalue weighted by Crippen LogP contribution is 2.26. The van der Waals surface area contributed by atoms with Gasteiger partial charge in [-0.2, -0.15) is 0 Å². The van der Waals surface area contributed by atoms with E-state index in [1.165, 1.54) is 10.3 Å². The largest absolute Gasteiger partial charge is 0.241 e. The Balaban J connectivity index is 2.49. The maximum absolute atomic E-state index is 6.00. The molecule has 0 aromatic carbocycles. The first-order valence-electron chi connectivity index (χ1n) is 5.07. The molecular weight excluding hydrogens is 228 g/mol. The third-order valence-corrected chi connectivity index (χ3v) is 3.63. The van der Waals surface area contributed by atoms with Crippen LogP contribution in [-0.4, -0.2) is 15.3 Å².